The topological polar surface area (TPSA) is 100 Å². The van der Waals surface area contributed by atoms with Crippen LogP contribution < -0.4 is 4.74 Å². The summed E-state index contributed by atoms with van der Waals surface area (Å²) in [5.41, 5.74) is 0.300. The molecular formula is C18H13F2N3O5. The van der Waals surface area contributed by atoms with Crippen LogP contribution in [-0.4, -0.2) is 27.1 Å². The van der Waals surface area contributed by atoms with Crippen LogP contribution in [0.2, 0.25) is 0 Å². The molecule has 144 valence electrons. The largest absolute Gasteiger partial charge is 0.460 e. The number of hydrogen-bond acceptors (Lipinski definition) is 6. The van der Waals surface area contributed by atoms with Crippen LogP contribution >= 0.6 is 0 Å². The van der Waals surface area contributed by atoms with Crippen molar-refractivity contribution >= 4 is 17.7 Å². The Morgan fingerprint density at radius 1 is 1.25 bits per heavy atom. The lowest BCUT2D eigenvalue weighted by Crippen LogP contribution is -2.02. The summed E-state index contributed by atoms with van der Waals surface area (Å²) in [5, 5.41) is 14.4. The summed E-state index contributed by atoms with van der Waals surface area (Å²) in [6.07, 6.45) is 4.20. The minimum atomic E-state index is -2.93. The second-order valence-electron chi connectivity index (χ2n) is 5.53. The molecule has 0 N–H and O–H groups in total. The zero-order valence-electron chi connectivity index (χ0n) is 14.2. The molecule has 3 rings (SSSR count). The fraction of sp³-hybridized carbons (Fsp3) is 0.111. The van der Waals surface area contributed by atoms with E-state index in [1.807, 2.05) is 0 Å². The zero-order chi connectivity index (χ0) is 20.1. The maximum atomic E-state index is 12.1. The van der Waals surface area contributed by atoms with Gasteiger partial charge in [0, 0.05) is 5.56 Å². The Morgan fingerprint density at radius 3 is 2.64 bits per heavy atom. The van der Waals surface area contributed by atoms with Crippen molar-refractivity contribution in [2.75, 3.05) is 0 Å². The van der Waals surface area contributed by atoms with Gasteiger partial charge in [-0.2, -0.15) is 13.5 Å². The van der Waals surface area contributed by atoms with Crippen molar-refractivity contribution in [1.82, 2.24) is 9.78 Å². The van der Waals surface area contributed by atoms with Crippen LogP contribution in [0.3, 0.4) is 0 Å². The van der Waals surface area contributed by atoms with Crippen LogP contribution in [0.4, 0.5) is 14.6 Å². The van der Waals surface area contributed by atoms with Crippen LogP contribution in [-0.2, 0) is 6.54 Å². The maximum Gasteiger partial charge on any atom is 0.389 e. The fourth-order valence-electron chi connectivity index (χ4n) is 2.32. The van der Waals surface area contributed by atoms with E-state index in [0.717, 1.165) is 0 Å². The number of furan rings is 1. The third-order valence-electron chi connectivity index (χ3n) is 3.58. The first-order valence-electron chi connectivity index (χ1n) is 7.94. The first-order valence-corrected chi connectivity index (χ1v) is 7.94. The van der Waals surface area contributed by atoms with Crippen LogP contribution in [0.5, 0.6) is 5.75 Å². The quantitative estimate of drug-likeness (QED) is 0.250. The SMILES string of the molecule is O=C(/C=C/c1ccc(Cn2ccc([N+](=O)[O-])n2)o1)c1ccc(OC(F)F)cc1. The Balaban J connectivity index is 1.61. The summed E-state index contributed by atoms with van der Waals surface area (Å²) in [5.74, 6) is 0.262. The van der Waals surface area contributed by atoms with E-state index >= 15 is 0 Å². The van der Waals surface area contributed by atoms with Crippen molar-refractivity contribution in [2.45, 2.75) is 13.2 Å². The highest BCUT2D eigenvalue weighted by molar-refractivity contribution is 6.06. The highest BCUT2D eigenvalue weighted by Gasteiger charge is 2.12. The van der Waals surface area contributed by atoms with E-state index in [-0.39, 0.29) is 23.9 Å². The van der Waals surface area contributed by atoms with Crippen LogP contribution in [0, 0.1) is 10.1 Å². The number of benzene rings is 1. The van der Waals surface area contributed by atoms with Gasteiger partial charge >= 0.3 is 12.4 Å². The van der Waals surface area contributed by atoms with Gasteiger partial charge in [0.25, 0.3) is 0 Å². The number of carbonyl (C=O) groups is 1. The average molecular weight is 389 g/mol. The summed E-state index contributed by atoms with van der Waals surface area (Å²) in [6.45, 7) is -2.73. The van der Waals surface area contributed by atoms with E-state index < -0.39 is 11.5 Å². The molecule has 1 aromatic carbocycles. The molecule has 3 aromatic rings. The number of ketones is 1. The van der Waals surface area contributed by atoms with E-state index in [1.165, 1.54) is 53.4 Å². The van der Waals surface area contributed by atoms with Gasteiger partial charge in [0.05, 0.1) is 17.4 Å². The minimum Gasteiger partial charge on any atom is -0.460 e. The van der Waals surface area contributed by atoms with E-state index in [4.69, 9.17) is 4.42 Å². The summed E-state index contributed by atoms with van der Waals surface area (Å²) < 4.78 is 35.4. The molecular weight excluding hydrogens is 376 g/mol. The van der Waals surface area contributed by atoms with Crippen molar-refractivity contribution in [2.24, 2.45) is 0 Å². The molecule has 0 bridgehead atoms. The second kappa shape index (κ2) is 8.25. The number of halogens is 2. The van der Waals surface area contributed by atoms with Crippen molar-refractivity contribution in [3.05, 3.63) is 81.9 Å². The number of nitrogens with zero attached hydrogens (tertiary/aromatic N) is 3. The third-order valence-corrected chi connectivity index (χ3v) is 3.58. The first kappa shape index (κ1) is 19.0. The Labute approximate surface area is 156 Å². The predicted molar refractivity (Wildman–Crippen MR) is 93.1 cm³/mol. The first-order chi connectivity index (χ1) is 13.4. The smallest absolute Gasteiger partial charge is 0.389 e. The van der Waals surface area contributed by atoms with Gasteiger partial charge in [-0.1, -0.05) is 0 Å². The Morgan fingerprint density at radius 2 is 2.00 bits per heavy atom. The average Bonchev–Trinajstić information content (AvgIpc) is 3.30. The van der Waals surface area contributed by atoms with Gasteiger partial charge in [-0.05, 0) is 53.5 Å². The maximum absolute atomic E-state index is 12.1. The molecule has 2 aromatic heterocycles. The molecule has 0 unspecified atom stereocenters. The summed E-state index contributed by atoms with van der Waals surface area (Å²) in [6, 6.07) is 9.89. The highest BCUT2D eigenvalue weighted by atomic mass is 19.3. The zero-order valence-corrected chi connectivity index (χ0v) is 14.2. The molecule has 28 heavy (non-hydrogen) atoms. The van der Waals surface area contributed by atoms with Gasteiger partial charge < -0.3 is 19.3 Å². The Hall–Kier alpha value is -3.82. The number of allylic oxidation sites excluding steroid dienone is 1. The number of nitro groups is 1. The van der Waals surface area contributed by atoms with E-state index in [1.54, 1.807) is 12.1 Å². The monoisotopic (exact) mass is 389 g/mol. The predicted octanol–water partition coefficient (Wildman–Crippen LogP) is 3.93. The molecule has 0 aliphatic rings. The molecule has 0 spiro atoms. The van der Waals surface area contributed by atoms with Crippen LogP contribution in [0.1, 0.15) is 21.9 Å². The van der Waals surface area contributed by atoms with Crippen molar-refractivity contribution in [1.29, 1.82) is 0 Å². The lowest BCUT2D eigenvalue weighted by molar-refractivity contribution is -0.389. The summed E-state index contributed by atoms with van der Waals surface area (Å²) in [4.78, 5) is 22.2. The molecule has 0 saturated carbocycles. The van der Waals surface area contributed by atoms with Crippen molar-refractivity contribution in [3.63, 3.8) is 0 Å². The Kier molecular flexibility index (Phi) is 5.58. The van der Waals surface area contributed by atoms with Gasteiger partial charge in [-0.15, -0.1) is 0 Å². The lowest BCUT2D eigenvalue weighted by atomic mass is 10.1. The number of rotatable bonds is 8. The summed E-state index contributed by atoms with van der Waals surface area (Å²) in [7, 11) is 0. The molecule has 10 heteroatoms. The normalized spacial score (nSPS) is 11.2. The highest BCUT2D eigenvalue weighted by Crippen LogP contribution is 2.17. The number of ether oxygens (including phenoxy) is 1. The van der Waals surface area contributed by atoms with E-state index in [9.17, 15) is 23.7 Å². The molecule has 0 saturated heterocycles. The molecule has 0 radical (unpaired) electrons. The number of hydrogen-bond donors (Lipinski definition) is 0. The van der Waals surface area contributed by atoms with Crippen LogP contribution in [0.25, 0.3) is 6.08 Å². The molecule has 2 heterocycles. The number of alkyl halides is 2. The summed E-state index contributed by atoms with van der Waals surface area (Å²) >= 11 is 0. The Bertz CT molecular complexity index is 1010. The molecule has 0 atom stereocenters. The van der Waals surface area contributed by atoms with Gasteiger partial charge in [-0.3, -0.25) is 4.79 Å². The van der Waals surface area contributed by atoms with Gasteiger partial charge in [0.1, 0.15) is 23.8 Å². The third kappa shape index (κ3) is 4.87. The van der Waals surface area contributed by atoms with Gasteiger partial charge in [-0.25, -0.2) is 0 Å². The lowest BCUT2D eigenvalue weighted by Gasteiger charge is -2.04. The standard InChI is InChI=1S/C18H13F2N3O5/c19-18(20)28-14-3-1-12(2-4-14)16(24)8-7-13-5-6-15(27-13)11-22-10-9-17(21-22)23(25)26/h1-10,18H,11H2/b8-7+. The van der Waals surface area contributed by atoms with E-state index in [2.05, 4.69) is 9.84 Å². The molecule has 0 amide bonds. The minimum absolute atomic E-state index is 0.0370. The molecule has 0 aliphatic carbocycles. The number of aromatic nitrogens is 2. The van der Waals surface area contributed by atoms with Gasteiger partial charge in [0.2, 0.25) is 0 Å². The fourth-order valence-corrected chi connectivity index (χ4v) is 2.32. The molecule has 8 nitrogen and oxygen atoms in total. The second-order valence-corrected chi connectivity index (χ2v) is 5.53. The number of carbonyl (C=O) groups excluding carboxylic acids is 1. The van der Waals surface area contributed by atoms with Crippen molar-refractivity contribution < 1.29 is 27.7 Å². The molecule has 0 fully saturated rings. The van der Waals surface area contributed by atoms with E-state index in [0.29, 0.717) is 17.1 Å². The van der Waals surface area contributed by atoms with Crippen molar-refractivity contribution in [3.8, 4) is 5.75 Å². The van der Waals surface area contributed by atoms with Crippen LogP contribution in [0.15, 0.2) is 59.2 Å². The molecule has 0 aliphatic heterocycles. The van der Waals surface area contributed by atoms with Gasteiger partial charge in [0.15, 0.2) is 5.78 Å².